The average molecular weight is 225 g/mol. The third-order valence-corrected chi connectivity index (χ3v) is 3.78. The zero-order valence-corrected chi connectivity index (χ0v) is 10.9. The summed E-state index contributed by atoms with van der Waals surface area (Å²) in [4.78, 5) is 0. The molecule has 0 unspecified atom stereocenters. The summed E-state index contributed by atoms with van der Waals surface area (Å²) >= 11 is 0. The Kier molecular flexibility index (Phi) is 7.64. The highest BCUT2D eigenvalue weighted by Gasteiger charge is 1.94. The van der Waals surface area contributed by atoms with Crippen LogP contribution < -0.4 is 0 Å². The lowest BCUT2D eigenvalue weighted by Gasteiger charge is -2.00. The summed E-state index contributed by atoms with van der Waals surface area (Å²) in [6.07, 6.45) is 14.7. The van der Waals surface area contributed by atoms with E-state index in [9.17, 15) is 0 Å². The van der Waals surface area contributed by atoms with Crippen molar-refractivity contribution in [2.24, 2.45) is 0 Å². The molecule has 0 saturated heterocycles. The van der Waals surface area contributed by atoms with Crippen LogP contribution >= 0.6 is 8.35 Å². The van der Waals surface area contributed by atoms with E-state index in [2.05, 4.69) is 23.9 Å². The molecular formula is C13H24NP. The summed E-state index contributed by atoms with van der Waals surface area (Å²) < 4.78 is 3.20. The highest BCUT2D eigenvalue weighted by atomic mass is 31.0. The van der Waals surface area contributed by atoms with Crippen LogP contribution in [0.25, 0.3) is 0 Å². The first-order valence-electron chi connectivity index (χ1n) is 6.42. The minimum Gasteiger partial charge on any atom is -0.344 e. The molecule has 0 saturated carbocycles. The fourth-order valence-corrected chi connectivity index (χ4v) is 2.60. The third kappa shape index (κ3) is 6.73. The number of hydrogen-bond donors (Lipinski definition) is 1. The van der Waals surface area contributed by atoms with Gasteiger partial charge >= 0.3 is 0 Å². The first-order chi connectivity index (χ1) is 7.43. The van der Waals surface area contributed by atoms with E-state index in [0.717, 1.165) is 0 Å². The molecule has 0 bridgehead atoms. The van der Waals surface area contributed by atoms with Gasteiger partial charge in [-0.05, 0) is 24.2 Å². The van der Waals surface area contributed by atoms with Crippen molar-refractivity contribution in [3.63, 3.8) is 0 Å². The quantitative estimate of drug-likeness (QED) is 0.550. The topological polar surface area (TPSA) is 15.8 Å². The smallest absolute Gasteiger partial charge is 0.0139 e. The lowest BCUT2D eigenvalue weighted by molar-refractivity contribution is 0.576. The van der Waals surface area contributed by atoms with E-state index in [1.165, 1.54) is 66.1 Å². The number of aromatic nitrogens is 1. The van der Waals surface area contributed by atoms with Crippen molar-refractivity contribution >= 4 is 8.35 Å². The predicted octanol–water partition coefficient (Wildman–Crippen LogP) is 5.28. The Balaban J connectivity index is 1.81. The maximum Gasteiger partial charge on any atom is 0.0139 e. The second-order valence-corrected chi connectivity index (χ2v) is 5.35. The second-order valence-electron chi connectivity index (χ2n) is 4.29. The summed E-state index contributed by atoms with van der Waals surface area (Å²) in [6.45, 7) is 2.28. The average Bonchev–Trinajstić information content (AvgIpc) is 2.75. The summed E-state index contributed by atoms with van der Waals surface area (Å²) in [6, 6.07) is 2.23. The van der Waals surface area contributed by atoms with Gasteiger partial charge in [0.2, 0.25) is 0 Å². The van der Waals surface area contributed by atoms with Gasteiger partial charge in [-0.3, -0.25) is 0 Å². The van der Waals surface area contributed by atoms with Crippen molar-refractivity contribution < 1.29 is 0 Å². The highest BCUT2D eigenvalue weighted by molar-refractivity contribution is 7.26. The summed E-state index contributed by atoms with van der Waals surface area (Å²) in [5, 5.41) is 1.56. The van der Waals surface area contributed by atoms with Gasteiger partial charge < -0.3 is 4.75 Å². The van der Waals surface area contributed by atoms with Gasteiger partial charge in [0.1, 0.15) is 0 Å². The van der Waals surface area contributed by atoms with Crippen LogP contribution in [0.5, 0.6) is 0 Å². The van der Waals surface area contributed by atoms with Crippen LogP contribution in [0.3, 0.4) is 0 Å². The van der Waals surface area contributed by atoms with Gasteiger partial charge in [-0.15, -0.1) is 0 Å². The summed E-state index contributed by atoms with van der Waals surface area (Å²) in [7, 11) is 1.32. The predicted molar refractivity (Wildman–Crippen MR) is 69.6 cm³/mol. The van der Waals surface area contributed by atoms with Gasteiger partial charge in [0.05, 0.1) is 0 Å². The molecule has 2 heteroatoms. The molecular weight excluding hydrogens is 201 g/mol. The maximum atomic E-state index is 3.20. The van der Waals surface area contributed by atoms with E-state index < -0.39 is 0 Å². The van der Waals surface area contributed by atoms with Crippen LogP contribution in [0.15, 0.2) is 12.3 Å². The Labute approximate surface area is 95.8 Å². The van der Waals surface area contributed by atoms with Crippen LogP contribution in [-0.2, 0) is 6.42 Å². The Morgan fingerprint density at radius 1 is 1.00 bits per heavy atom. The van der Waals surface area contributed by atoms with Gasteiger partial charge in [0, 0.05) is 14.5 Å². The van der Waals surface area contributed by atoms with Crippen LogP contribution in [0.2, 0.25) is 0 Å². The lowest BCUT2D eigenvalue weighted by atomic mass is 10.1. The number of rotatable bonds is 9. The minimum atomic E-state index is 1.29. The second kappa shape index (κ2) is 8.97. The Hall–Kier alpha value is -0.290. The van der Waals surface area contributed by atoms with E-state index in [1.807, 2.05) is 0 Å². The molecule has 0 radical (unpaired) electrons. The largest absolute Gasteiger partial charge is 0.344 e. The van der Waals surface area contributed by atoms with Gasteiger partial charge in [-0.1, -0.05) is 51.9 Å². The zero-order valence-electron chi connectivity index (χ0n) is 9.97. The molecule has 0 spiro atoms. The third-order valence-electron chi connectivity index (χ3n) is 2.84. The Morgan fingerprint density at radius 2 is 1.67 bits per heavy atom. The molecule has 1 aromatic rings. The van der Waals surface area contributed by atoms with Crippen LogP contribution in [0, 0.1) is 0 Å². The maximum absolute atomic E-state index is 3.20. The molecule has 1 aromatic heterocycles. The molecule has 1 N–H and O–H groups in total. The molecule has 0 fully saturated rings. The number of H-pyrrole nitrogens is 1. The fraction of sp³-hybridized carbons (Fsp3) is 0.769. The Bertz CT molecular complexity index is 218. The van der Waals surface area contributed by atoms with Crippen molar-refractivity contribution in [2.45, 2.75) is 64.7 Å². The molecule has 0 aliphatic heterocycles. The fourth-order valence-electron chi connectivity index (χ4n) is 1.87. The van der Waals surface area contributed by atoms with Crippen LogP contribution in [0.4, 0.5) is 0 Å². The van der Waals surface area contributed by atoms with E-state index in [1.54, 1.807) is 5.30 Å². The molecule has 0 aliphatic carbocycles. The van der Waals surface area contributed by atoms with Crippen molar-refractivity contribution in [3.05, 3.63) is 17.6 Å². The van der Waals surface area contributed by atoms with Crippen LogP contribution in [0.1, 0.15) is 63.6 Å². The number of nitrogens with one attached hydrogen (secondary N) is 1. The molecule has 1 rings (SSSR count). The highest BCUT2D eigenvalue weighted by Crippen LogP contribution is 2.15. The molecule has 1 heterocycles. The summed E-state index contributed by atoms with van der Waals surface area (Å²) in [5.41, 5.74) is 0. The molecule has 0 aromatic carbocycles. The Morgan fingerprint density at radius 3 is 2.27 bits per heavy atom. The molecule has 86 valence electrons. The molecule has 0 amide bonds. The number of hydrogen-bond acceptors (Lipinski definition) is 0. The molecule has 0 aliphatic rings. The van der Waals surface area contributed by atoms with Crippen molar-refractivity contribution in [1.29, 1.82) is 0 Å². The molecule has 0 atom stereocenters. The van der Waals surface area contributed by atoms with Gasteiger partial charge in [-0.25, -0.2) is 0 Å². The van der Waals surface area contributed by atoms with Crippen molar-refractivity contribution in [1.82, 2.24) is 4.75 Å². The standard InChI is InChI=1S/C13H24NP/c1-2-3-4-5-6-7-8-9-10-13-11-12-14-15-13/h11-12,14H,2-10H2,1H3. The molecule has 1 nitrogen and oxygen atoms in total. The van der Waals surface area contributed by atoms with Gasteiger partial charge in [0.25, 0.3) is 0 Å². The van der Waals surface area contributed by atoms with E-state index in [4.69, 9.17) is 0 Å². The zero-order chi connectivity index (χ0) is 10.8. The van der Waals surface area contributed by atoms with Crippen LogP contribution in [-0.4, -0.2) is 4.75 Å². The van der Waals surface area contributed by atoms with E-state index >= 15 is 0 Å². The summed E-state index contributed by atoms with van der Waals surface area (Å²) in [5.74, 6) is 0. The molecule has 15 heavy (non-hydrogen) atoms. The van der Waals surface area contributed by atoms with Gasteiger partial charge in [0.15, 0.2) is 0 Å². The minimum absolute atomic E-state index is 1.29. The number of unbranched alkanes of at least 4 members (excludes halogenated alkanes) is 7. The first-order valence-corrected chi connectivity index (χ1v) is 7.31. The van der Waals surface area contributed by atoms with Crippen molar-refractivity contribution in [3.8, 4) is 0 Å². The number of aromatic amines is 1. The normalized spacial score (nSPS) is 11.3. The van der Waals surface area contributed by atoms with E-state index in [-0.39, 0.29) is 0 Å². The number of aryl methyl sites for hydroxylation is 1. The van der Waals surface area contributed by atoms with Gasteiger partial charge in [-0.2, -0.15) is 0 Å². The lowest BCUT2D eigenvalue weighted by Crippen LogP contribution is -1.83. The monoisotopic (exact) mass is 225 g/mol. The van der Waals surface area contributed by atoms with E-state index in [0.29, 0.717) is 0 Å². The van der Waals surface area contributed by atoms with Crippen molar-refractivity contribution in [2.75, 3.05) is 0 Å². The first kappa shape index (κ1) is 12.8. The SMILES string of the molecule is CCCCCCCCCCc1cc[nH]p1.